The Hall–Kier alpha value is -3.41. The third-order valence-electron chi connectivity index (χ3n) is 5.00. The first-order chi connectivity index (χ1) is 14.2. The lowest BCUT2D eigenvalue weighted by Crippen LogP contribution is -2.39. The molecule has 0 atom stereocenters. The average Bonchev–Trinajstić information content (AvgIpc) is 3.39. The predicted octanol–water partition coefficient (Wildman–Crippen LogP) is 3.55. The molecule has 1 saturated heterocycles. The van der Waals surface area contributed by atoms with E-state index in [1.54, 1.807) is 17.0 Å². The number of furan rings is 1. The first-order valence-corrected chi connectivity index (χ1v) is 9.71. The van der Waals surface area contributed by atoms with Crippen LogP contribution in [-0.2, 0) is 11.2 Å². The summed E-state index contributed by atoms with van der Waals surface area (Å²) < 4.78 is 16.3. The van der Waals surface area contributed by atoms with Crippen molar-refractivity contribution in [3.63, 3.8) is 0 Å². The number of hydrogen-bond acceptors (Lipinski definition) is 8. The van der Waals surface area contributed by atoms with Crippen LogP contribution in [0.25, 0.3) is 22.6 Å². The topological polar surface area (TPSA) is 118 Å². The summed E-state index contributed by atoms with van der Waals surface area (Å²) in [5.74, 6) is 1.67. The molecule has 0 spiro atoms. The number of carbonyl (C=O) groups is 1. The smallest absolute Gasteiger partial charge is 0.409 e. The molecule has 0 aromatic carbocycles. The Morgan fingerprint density at radius 3 is 3.00 bits per heavy atom. The molecule has 3 aromatic heterocycles. The second kappa shape index (κ2) is 8.31. The van der Waals surface area contributed by atoms with Crippen molar-refractivity contribution in [2.24, 2.45) is 5.92 Å². The van der Waals surface area contributed by atoms with Crippen molar-refractivity contribution in [1.29, 1.82) is 5.26 Å². The minimum atomic E-state index is -0.233. The number of hydrogen-bond donors (Lipinski definition) is 0. The Balaban J connectivity index is 1.38. The van der Waals surface area contributed by atoms with E-state index in [9.17, 15) is 4.79 Å². The van der Waals surface area contributed by atoms with Crippen LogP contribution in [0.4, 0.5) is 4.79 Å². The molecule has 1 aliphatic rings. The van der Waals surface area contributed by atoms with Crippen LogP contribution in [0.5, 0.6) is 0 Å². The summed E-state index contributed by atoms with van der Waals surface area (Å²) in [6.45, 7) is 3.78. The number of nitrogens with zero attached hydrogens (tertiary/aromatic N) is 5. The average molecular weight is 395 g/mol. The summed E-state index contributed by atoms with van der Waals surface area (Å²) in [5.41, 5.74) is 0.843. The van der Waals surface area contributed by atoms with E-state index in [2.05, 4.69) is 15.1 Å². The first kappa shape index (κ1) is 18.9. The van der Waals surface area contributed by atoms with Gasteiger partial charge in [0.25, 0.3) is 5.89 Å². The molecular weight excluding hydrogens is 374 g/mol. The van der Waals surface area contributed by atoms with E-state index in [1.807, 2.05) is 13.0 Å². The van der Waals surface area contributed by atoms with Crippen molar-refractivity contribution in [2.45, 2.75) is 32.6 Å². The maximum atomic E-state index is 11.9. The van der Waals surface area contributed by atoms with Gasteiger partial charge in [-0.05, 0) is 31.2 Å². The van der Waals surface area contributed by atoms with Gasteiger partial charge in [0.05, 0.1) is 12.0 Å². The second-order valence-electron chi connectivity index (χ2n) is 7.06. The maximum absolute atomic E-state index is 11.9. The third-order valence-corrected chi connectivity index (χ3v) is 5.00. The third kappa shape index (κ3) is 4.06. The molecule has 0 bridgehead atoms. The lowest BCUT2D eigenvalue weighted by molar-refractivity contribution is 0.0875. The van der Waals surface area contributed by atoms with Crippen molar-refractivity contribution in [3.05, 3.63) is 29.8 Å². The van der Waals surface area contributed by atoms with Crippen LogP contribution in [0.1, 0.15) is 37.7 Å². The van der Waals surface area contributed by atoms with E-state index in [0.717, 1.165) is 19.3 Å². The molecule has 9 heteroatoms. The highest BCUT2D eigenvalue weighted by molar-refractivity contribution is 5.85. The number of likely N-dealkylation sites (tertiary alicyclic amines) is 1. The van der Waals surface area contributed by atoms with Crippen molar-refractivity contribution >= 4 is 17.1 Å². The van der Waals surface area contributed by atoms with Gasteiger partial charge in [0.1, 0.15) is 11.7 Å². The molecule has 0 radical (unpaired) electrons. The standard InChI is InChI=1S/C20H21N5O4/c1-2-9-27-20(26)25-7-4-13(5-8-25)10-18-23-19(29-24-18)17-11-14-15(12-21)22-6-3-16(14)28-17/h3,6,11,13H,2,4-5,7-10H2,1H3. The van der Waals surface area contributed by atoms with Gasteiger partial charge in [-0.25, -0.2) is 9.78 Å². The molecule has 4 rings (SSSR count). The van der Waals surface area contributed by atoms with Gasteiger partial charge in [0.2, 0.25) is 0 Å². The van der Waals surface area contributed by atoms with E-state index in [-0.39, 0.29) is 12.0 Å². The number of carbonyl (C=O) groups excluding carboxylic acids is 1. The van der Waals surface area contributed by atoms with E-state index in [1.165, 1.54) is 6.20 Å². The highest BCUT2D eigenvalue weighted by Crippen LogP contribution is 2.29. The predicted molar refractivity (Wildman–Crippen MR) is 102 cm³/mol. The molecule has 3 aromatic rings. The minimum absolute atomic E-state index is 0.233. The highest BCUT2D eigenvalue weighted by Gasteiger charge is 2.25. The van der Waals surface area contributed by atoms with E-state index < -0.39 is 0 Å². The number of piperidine rings is 1. The van der Waals surface area contributed by atoms with Crippen LogP contribution in [0.3, 0.4) is 0 Å². The summed E-state index contributed by atoms with van der Waals surface area (Å²) in [4.78, 5) is 22.1. The Morgan fingerprint density at radius 1 is 1.41 bits per heavy atom. The van der Waals surface area contributed by atoms with Gasteiger partial charge < -0.3 is 18.6 Å². The van der Waals surface area contributed by atoms with Crippen LogP contribution in [0, 0.1) is 17.2 Å². The molecule has 1 aliphatic heterocycles. The zero-order valence-corrected chi connectivity index (χ0v) is 16.1. The Kier molecular flexibility index (Phi) is 5.42. The summed E-state index contributed by atoms with van der Waals surface area (Å²) in [7, 11) is 0. The molecule has 0 saturated carbocycles. The van der Waals surface area contributed by atoms with Crippen molar-refractivity contribution in [2.75, 3.05) is 19.7 Å². The SMILES string of the molecule is CCCOC(=O)N1CCC(Cc2noc(-c3cc4c(C#N)nccc4o3)n2)CC1. The molecular formula is C20H21N5O4. The summed E-state index contributed by atoms with van der Waals surface area (Å²) >= 11 is 0. The van der Waals surface area contributed by atoms with Gasteiger partial charge in [-0.15, -0.1) is 0 Å². The molecule has 1 amide bonds. The van der Waals surface area contributed by atoms with Gasteiger partial charge in [-0.2, -0.15) is 10.2 Å². The highest BCUT2D eigenvalue weighted by atomic mass is 16.6. The number of pyridine rings is 1. The normalized spacial score (nSPS) is 14.8. The lowest BCUT2D eigenvalue weighted by Gasteiger charge is -2.30. The molecule has 4 heterocycles. The van der Waals surface area contributed by atoms with Crippen molar-refractivity contribution in [3.8, 4) is 17.7 Å². The maximum Gasteiger partial charge on any atom is 0.409 e. The fourth-order valence-electron chi connectivity index (χ4n) is 3.45. The Morgan fingerprint density at radius 2 is 2.24 bits per heavy atom. The number of ether oxygens (including phenoxy) is 1. The molecule has 29 heavy (non-hydrogen) atoms. The second-order valence-corrected chi connectivity index (χ2v) is 7.06. The van der Waals surface area contributed by atoms with E-state index >= 15 is 0 Å². The van der Waals surface area contributed by atoms with E-state index in [4.69, 9.17) is 18.9 Å². The zero-order chi connectivity index (χ0) is 20.2. The molecule has 9 nitrogen and oxygen atoms in total. The van der Waals surface area contributed by atoms with Crippen molar-refractivity contribution in [1.82, 2.24) is 20.0 Å². The summed E-state index contributed by atoms with van der Waals surface area (Å²) in [6.07, 6.45) is 4.52. The zero-order valence-electron chi connectivity index (χ0n) is 16.1. The quantitative estimate of drug-likeness (QED) is 0.643. The largest absolute Gasteiger partial charge is 0.451 e. The molecule has 0 N–H and O–H groups in total. The molecule has 0 unspecified atom stereocenters. The summed E-state index contributed by atoms with van der Waals surface area (Å²) in [5, 5.41) is 13.8. The molecule has 0 aliphatic carbocycles. The van der Waals surface area contributed by atoms with Crippen LogP contribution in [-0.4, -0.2) is 45.8 Å². The van der Waals surface area contributed by atoms with Gasteiger partial charge in [0, 0.05) is 31.8 Å². The van der Waals surface area contributed by atoms with Crippen LogP contribution < -0.4 is 0 Å². The minimum Gasteiger partial charge on any atom is -0.451 e. The monoisotopic (exact) mass is 395 g/mol. The van der Waals surface area contributed by atoms with Crippen LogP contribution in [0.2, 0.25) is 0 Å². The fraction of sp³-hybridized carbons (Fsp3) is 0.450. The lowest BCUT2D eigenvalue weighted by atomic mass is 9.93. The number of fused-ring (bicyclic) bond motifs is 1. The van der Waals surface area contributed by atoms with Gasteiger partial charge >= 0.3 is 6.09 Å². The van der Waals surface area contributed by atoms with Crippen LogP contribution in [0.15, 0.2) is 27.3 Å². The number of aromatic nitrogens is 3. The molecule has 1 fully saturated rings. The Labute approximate surface area is 167 Å². The van der Waals surface area contributed by atoms with Crippen LogP contribution >= 0.6 is 0 Å². The number of nitriles is 1. The Bertz CT molecular complexity index is 1040. The first-order valence-electron chi connectivity index (χ1n) is 9.71. The van der Waals surface area contributed by atoms with Crippen molar-refractivity contribution < 1.29 is 18.5 Å². The van der Waals surface area contributed by atoms with E-state index in [0.29, 0.717) is 60.3 Å². The molecule has 150 valence electrons. The number of rotatable bonds is 5. The number of amides is 1. The van der Waals surface area contributed by atoms with Gasteiger partial charge in [-0.1, -0.05) is 12.1 Å². The van der Waals surface area contributed by atoms with Gasteiger partial charge in [0.15, 0.2) is 17.3 Å². The fourth-order valence-corrected chi connectivity index (χ4v) is 3.45. The van der Waals surface area contributed by atoms with Gasteiger partial charge in [-0.3, -0.25) is 0 Å². The summed E-state index contributed by atoms with van der Waals surface area (Å²) in [6, 6.07) is 5.43.